The second kappa shape index (κ2) is 10.1. The van der Waals surface area contributed by atoms with E-state index in [0.29, 0.717) is 19.8 Å². The molecule has 0 saturated heterocycles. The summed E-state index contributed by atoms with van der Waals surface area (Å²) in [6, 6.07) is 10.5. The quantitative estimate of drug-likeness (QED) is 0.180. The van der Waals surface area contributed by atoms with Crippen LogP contribution >= 0.6 is 47.4 Å². The predicted octanol–water partition coefficient (Wildman–Crippen LogP) is 6.14. The number of nitrogens with zero attached hydrogens (tertiary/aromatic N) is 2. The SMILES string of the molecule is O=C(N/N=C(\c1ccccn1)C12CC3CC(CC(C3)C1)C2)NNSC(=S)c1ccc(Cl)cc1Cl. The van der Waals surface area contributed by atoms with Gasteiger partial charge in [0.15, 0.2) is 0 Å². The third-order valence-electron chi connectivity index (χ3n) is 7.18. The van der Waals surface area contributed by atoms with Crippen LogP contribution in [0.1, 0.15) is 49.8 Å². The van der Waals surface area contributed by atoms with E-state index in [-0.39, 0.29) is 5.41 Å². The topological polar surface area (TPSA) is 78.4 Å². The van der Waals surface area contributed by atoms with Crippen LogP contribution in [0.4, 0.5) is 4.79 Å². The van der Waals surface area contributed by atoms with Crippen molar-refractivity contribution in [3.63, 3.8) is 0 Å². The molecule has 3 N–H and O–H groups in total. The van der Waals surface area contributed by atoms with Gasteiger partial charge in [-0.1, -0.05) is 41.5 Å². The lowest BCUT2D eigenvalue weighted by atomic mass is 9.48. The fraction of sp³-hybridized carbons (Fsp3) is 0.417. The number of carbonyl (C=O) groups excluding carboxylic acids is 1. The number of carbonyl (C=O) groups is 1. The maximum absolute atomic E-state index is 12.5. The minimum absolute atomic E-state index is 0.00847. The van der Waals surface area contributed by atoms with E-state index >= 15 is 0 Å². The summed E-state index contributed by atoms with van der Waals surface area (Å²) in [5.41, 5.74) is 7.64. The Hall–Kier alpha value is -1.71. The molecule has 34 heavy (non-hydrogen) atoms. The highest BCUT2D eigenvalue weighted by molar-refractivity contribution is 8.22. The Balaban J connectivity index is 1.25. The van der Waals surface area contributed by atoms with Crippen LogP contribution < -0.4 is 15.7 Å². The fourth-order valence-corrected chi connectivity index (χ4v) is 7.76. The molecule has 4 saturated carbocycles. The monoisotopic (exact) mass is 533 g/mol. The van der Waals surface area contributed by atoms with Crippen LogP contribution in [-0.2, 0) is 0 Å². The number of hydrazine groups is 1. The first kappa shape index (κ1) is 24.0. The van der Waals surface area contributed by atoms with Crippen molar-refractivity contribution in [3.8, 4) is 0 Å². The van der Waals surface area contributed by atoms with E-state index in [1.54, 1.807) is 24.4 Å². The number of hydrogen-bond acceptors (Lipinski definition) is 6. The highest BCUT2D eigenvalue weighted by atomic mass is 35.5. The Labute approximate surface area is 218 Å². The number of thiocarbonyl (C=S) groups is 1. The number of hydrogen-bond donors (Lipinski definition) is 3. The zero-order valence-corrected chi connectivity index (χ0v) is 21.5. The summed E-state index contributed by atoms with van der Waals surface area (Å²) in [5, 5.41) is 5.63. The van der Waals surface area contributed by atoms with Gasteiger partial charge in [0.25, 0.3) is 0 Å². The summed E-state index contributed by atoms with van der Waals surface area (Å²) < 4.78 is 0.480. The van der Waals surface area contributed by atoms with E-state index in [2.05, 4.69) is 25.8 Å². The second-order valence-corrected chi connectivity index (χ2v) is 11.9. The number of rotatable bonds is 6. The van der Waals surface area contributed by atoms with Gasteiger partial charge >= 0.3 is 6.03 Å². The molecule has 0 radical (unpaired) electrons. The van der Waals surface area contributed by atoms with Gasteiger partial charge in [0.2, 0.25) is 0 Å². The Bertz CT molecular complexity index is 1090. The number of benzene rings is 1. The molecule has 0 unspecified atom stereocenters. The summed E-state index contributed by atoms with van der Waals surface area (Å²) in [4.78, 5) is 19.9. The Morgan fingerprint density at radius 1 is 1.09 bits per heavy atom. The molecule has 4 fully saturated rings. The van der Waals surface area contributed by atoms with Crippen molar-refractivity contribution >= 4 is 63.3 Å². The van der Waals surface area contributed by atoms with E-state index in [1.165, 1.54) is 19.3 Å². The van der Waals surface area contributed by atoms with Gasteiger partial charge in [-0.2, -0.15) is 9.93 Å². The summed E-state index contributed by atoms with van der Waals surface area (Å²) in [6.07, 6.45) is 9.17. The normalized spacial score (nSPS) is 27.5. The zero-order chi connectivity index (χ0) is 23.7. The van der Waals surface area contributed by atoms with Crippen molar-refractivity contribution in [1.82, 2.24) is 20.7 Å². The van der Waals surface area contributed by atoms with E-state index in [1.807, 2.05) is 18.2 Å². The molecule has 1 aromatic heterocycles. The molecular formula is C24H25Cl2N5OS2. The summed E-state index contributed by atoms with van der Waals surface area (Å²) >= 11 is 18.6. The minimum atomic E-state index is -0.476. The highest BCUT2D eigenvalue weighted by Crippen LogP contribution is 2.61. The number of nitrogens with one attached hydrogen (secondary N) is 3. The second-order valence-electron chi connectivity index (χ2n) is 9.55. The molecule has 10 heteroatoms. The molecule has 4 aliphatic carbocycles. The fourth-order valence-electron chi connectivity index (χ4n) is 6.31. The number of amides is 2. The molecule has 4 aliphatic rings. The summed E-state index contributed by atoms with van der Waals surface area (Å²) in [5.74, 6) is 2.27. The molecule has 1 heterocycles. The van der Waals surface area contributed by atoms with E-state index in [4.69, 9.17) is 35.4 Å². The van der Waals surface area contributed by atoms with Gasteiger partial charge in [0, 0.05) is 22.2 Å². The van der Waals surface area contributed by atoms with Gasteiger partial charge in [-0.3, -0.25) is 10.4 Å². The molecule has 2 aromatic rings. The van der Waals surface area contributed by atoms with Gasteiger partial charge in [-0.25, -0.2) is 10.2 Å². The molecule has 1 aromatic carbocycles. The number of aromatic nitrogens is 1. The van der Waals surface area contributed by atoms with Crippen LogP contribution in [0.15, 0.2) is 47.7 Å². The van der Waals surface area contributed by atoms with Gasteiger partial charge < -0.3 is 0 Å². The van der Waals surface area contributed by atoms with Crippen molar-refractivity contribution in [2.75, 3.05) is 0 Å². The largest absolute Gasteiger partial charge is 0.350 e. The first-order valence-corrected chi connectivity index (χ1v) is 13.4. The average Bonchev–Trinajstić information content (AvgIpc) is 2.79. The van der Waals surface area contributed by atoms with E-state index < -0.39 is 6.03 Å². The van der Waals surface area contributed by atoms with Crippen LogP contribution in [0.5, 0.6) is 0 Å². The van der Waals surface area contributed by atoms with Crippen molar-refractivity contribution in [3.05, 3.63) is 63.9 Å². The summed E-state index contributed by atoms with van der Waals surface area (Å²) in [7, 11) is 0. The zero-order valence-electron chi connectivity index (χ0n) is 18.4. The van der Waals surface area contributed by atoms with Crippen LogP contribution in [0.25, 0.3) is 0 Å². The molecule has 6 rings (SSSR count). The third kappa shape index (κ3) is 5.11. The van der Waals surface area contributed by atoms with Crippen molar-refractivity contribution in [1.29, 1.82) is 0 Å². The molecule has 0 atom stereocenters. The van der Waals surface area contributed by atoms with Gasteiger partial charge in [0.1, 0.15) is 0 Å². The van der Waals surface area contributed by atoms with Crippen LogP contribution in [0.2, 0.25) is 10.0 Å². The Kier molecular flexibility index (Phi) is 7.14. The maximum atomic E-state index is 12.5. The predicted molar refractivity (Wildman–Crippen MR) is 142 cm³/mol. The van der Waals surface area contributed by atoms with Crippen molar-refractivity contribution in [2.45, 2.75) is 38.5 Å². The smallest absolute Gasteiger partial charge is 0.262 e. The standard InChI is InChI=1S/C24H25Cl2N5OS2/c25-17-4-5-18(19(26)10-17)22(33)34-31-30-23(32)29-28-21(20-3-1-2-6-27-20)24-11-14-7-15(12-24)9-16(8-14)13-24/h1-6,10,14-16,31H,7-9,11-13H2,(H2,29,30,32)/b28-21+. The molecule has 2 amide bonds. The number of pyridine rings is 1. The van der Waals surface area contributed by atoms with Gasteiger partial charge in [0.05, 0.1) is 20.6 Å². The number of halogens is 2. The highest BCUT2D eigenvalue weighted by Gasteiger charge is 2.53. The molecular weight excluding hydrogens is 509 g/mol. The lowest BCUT2D eigenvalue weighted by Gasteiger charge is -2.56. The van der Waals surface area contributed by atoms with E-state index in [9.17, 15) is 4.79 Å². The number of hydrazone groups is 1. The third-order valence-corrected chi connectivity index (χ3v) is 8.80. The lowest BCUT2D eigenvalue weighted by Crippen LogP contribution is -2.51. The molecule has 0 spiro atoms. The van der Waals surface area contributed by atoms with Gasteiger partial charge in [-0.05, 0) is 98.6 Å². The molecule has 0 aliphatic heterocycles. The molecule has 6 nitrogen and oxygen atoms in total. The van der Waals surface area contributed by atoms with Crippen LogP contribution in [0, 0.1) is 23.2 Å². The van der Waals surface area contributed by atoms with Gasteiger partial charge in [-0.15, -0.1) is 0 Å². The molecule has 178 valence electrons. The van der Waals surface area contributed by atoms with E-state index in [0.717, 1.165) is 60.4 Å². The Morgan fingerprint density at radius 2 is 1.79 bits per heavy atom. The maximum Gasteiger partial charge on any atom is 0.350 e. The van der Waals surface area contributed by atoms with Crippen molar-refractivity contribution in [2.24, 2.45) is 28.3 Å². The lowest BCUT2D eigenvalue weighted by molar-refractivity contribution is -0.0123. The average molecular weight is 535 g/mol. The first-order chi connectivity index (χ1) is 16.4. The van der Waals surface area contributed by atoms with Crippen LogP contribution in [0.3, 0.4) is 0 Å². The minimum Gasteiger partial charge on any atom is -0.262 e. The first-order valence-electron chi connectivity index (χ1n) is 11.4. The van der Waals surface area contributed by atoms with Crippen molar-refractivity contribution < 1.29 is 4.79 Å². The Morgan fingerprint density at radius 3 is 2.41 bits per heavy atom. The molecule has 4 bridgehead atoms. The number of urea groups is 1. The van der Waals surface area contributed by atoms with Crippen LogP contribution in [-0.4, -0.2) is 20.9 Å². The summed E-state index contributed by atoms with van der Waals surface area (Å²) in [6.45, 7) is 0.